The van der Waals surface area contributed by atoms with Crippen molar-refractivity contribution in [2.75, 3.05) is 11.9 Å². The summed E-state index contributed by atoms with van der Waals surface area (Å²) in [6.07, 6.45) is 1.39. The number of nitrogens with one attached hydrogen (secondary N) is 3. The van der Waals surface area contributed by atoms with E-state index in [1.54, 1.807) is 30.3 Å². The maximum atomic E-state index is 12.3. The predicted molar refractivity (Wildman–Crippen MR) is 93.3 cm³/mol. The van der Waals surface area contributed by atoms with E-state index in [4.69, 9.17) is 4.42 Å². The van der Waals surface area contributed by atoms with Crippen LogP contribution in [0.15, 0.2) is 47.1 Å². The fourth-order valence-corrected chi connectivity index (χ4v) is 2.10. The number of anilines is 1. The van der Waals surface area contributed by atoms with E-state index in [2.05, 4.69) is 16.0 Å². The first-order valence-electron chi connectivity index (χ1n) is 7.79. The molecule has 7 heteroatoms. The Hall–Kier alpha value is -3.09. The molecule has 0 spiro atoms. The van der Waals surface area contributed by atoms with E-state index in [-0.39, 0.29) is 29.3 Å². The van der Waals surface area contributed by atoms with Gasteiger partial charge in [-0.05, 0) is 45.0 Å². The van der Waals surface area contributed by atoms with E-state index in [0.29, 0.717) is 5.69 Å². The third-order valence-electron chi connectivity index (χ3n) is 3.09. The normalized spacial score (nSPS) is 10.8. The maximum absolute atomic E-state index is 12.3. The van der Waals surface area contributed by atoms with Crippen molar-refractivity contribution in [1.29, 1.82) is 0 Å². The van der Waals surface area contributed by atoms with Crippen molar-refractivity contribution in [1.82, 2.24) is 10.6 Å². The second-order valence-electron chi connectivity index (χ2n) is 6.46. The fourth-order valence-electron chi connectivity index (χ4n) is 2.10. The van der Waals surface area contributed by atoms with Crippen LogP contribution in [0, 0.1) is 0 Å². The number of para-hydroxylation sites is 1. The molecule has 0 radical (unpaired) electrons. The van der Waals surface area contributed by atoms with Crippen LogP contribution in [0.5, 0.6) is 0 Å². The van der Waals surface area contributed by atoms with Gasteiger partial charge in [0.05, 0.1) is 24.1 Å². The third kappa shape index (κ3) is 5.49. The number of carbonyl (C=O) groups excluding carboxylic acids is 3. The standard InChI is InChI=1S/C18H21N3O4/c1-18(2,3)21-15(22)11-19-16(23)12-7-4-5-8-13(12)20-17(24)14-9-6-10-25-14/h4-10H,11H2,1-3H3,(H,19,23)(H,20,24)(H,21,22). The average Bonchev–Trinajstić information content (AvgIpc) is 3.06. The second kappa shape index (κ2) is 7.65. The molecule has 0 saturated heterocycles. The topological polar surface area (TPSA) is 100 Å². The van der Waals surface area contributed by atoms with Gasteiger partial charge in [0.2, 0.25) is 5.91 Å². The predicted octanol–water partition coefficient (Wildman–Crippen LogP) is 2.18. The Labute approximate surface area is 145 Å². The molecule has 0 bridgehead atoms. The smallest absolute Gasteiger partial charge is 0.291 e. The van der Waals surface area contributed by atoms with Gasteiger partial charge in [0.1, 0.15) is 0 Å². The van der Waals surface area contributed by atoms with E-state index in [0.717, 1.165) is 0 Å². The minimum atomic E-state index is -0.462. The molecule has 2 rings (SSSR count). The molecular weight excluding hydrogens is 322 g/mol. The fraction of sp³-hybridized carbons (Fsp3) is 0.278. The Bertz CT molecular complexity index is 761. The van der Waals surface area contributed by atoms with Crippen molar-refractivity contribution in [2.24, 2.45) is 0 Å². The molecule has 25 heavy (non-hydrogen) atoms. The summed E-state index contributed by atoms with van der Waals surface area (Å²) in [7, 11) is 0. The molecule has 0 aliphatic heterocycles. The summed E-state index contributed by atoms with van der Waals surface area (Å²) in [6, 6.07) is 9.66. The zero-order valence-corrected chi connectivity index (χ0v) is 14.4. The lowest BCUT2D eigenvalue weighted by molar-refractivity contribution is -0.121. The Morgan fingerprint density at radius 1 is 1.00 bits per heavy atom. The molecule has 1 heterocycles. The van der Waals surface area contributed by atoms with Crippen LogP contribution in [0.4, 0.5) is 5.69 Å². The third-order valence-corrected chi connectivity index (χ3v) is 3.09. The molecule has 0 saturated carbocycles. The first-order valence-corrected chi connectivity index (χ1v) is 7.79. The van der Waals surface area contributed by atoms with Crippen LogP contribution in [-0.2, 0) is 4.79 Å². The van der Waals surface area contributed by atoms with E-state index >= 15 is 0 Å². The first-order chi connectivity index (χ1) is 11.8. The van der Waals surface area contributed by atoms with Gasteiger partial charge in [-0.3, -0.25) is 14.4 Å². The van der Waals surface area contributed by atoms with Crippen LogP contribution in [0.2, 0.25) is 0 Å². The summed E-state index contributed by atoms with van der Waals surface area (Å²) >= 11 is 0. The van der Waals surface area contributed by atoms with Crippen LogP contribution in [-0.4, -0.2) is 29.8 Å². The van der Waals surface area contributed by atoms with E-state index in [9.17, 15) is 14.4 Å². The van der Waals surface area contributed by atoms with Crippen molar-refractivity contribution < 1.29 is 18.8 Å². The summed E-state index contributed by atoms with van der Waals surface area (Å²) in [5, 5.41) is 7.93. The summed E-state index contributed by atoms with van der Waals surface area (Å²) < 4.78 is 5.03. The number of furan rings is 1. The molecular formula is C18H21N3O4. The van der Waals surface area contributed by atoms with Gasteiger partial charge in [-0.25, -0.2) is 0 Å². The van der Waals surface area contributed by atoms with Gasteiger partial charge in [-0.15, -0.1) is 0 Å². The number of hydrogen-bond donors (Lipinski definition) is 3. The number of carbonyl (C=O) groups is 3. The van der Waals surface area contributed by atoms with Gasteiger partial charge in [-0.1, -0.05) is 12.1 Å². The highest BCUT2D eigenvalue weighted by Gasteiger charge is 2.17. The van der Waals surface area contributed by atoms with E-state index in [1.807, 2.05) is 20.8 Å². The Morgan fingerprint density at radius 2 is 1.72 bits per heavy atom. The molecule has 0 fully saturated rings. The molecule has 0 aliphatic carbocycles. The van der Waals surface area contributed by atoms with Gasteiger partial charge >= 0.3 is 0 Å². The Morgan fingerprint density at radius 3 is 2.36 bits per heavy atom. The van der Waals surface area contributed by atoms with Gasteiger partial charge < -0.3 is 20.4 Å². The zero-order chi connectivity index (χ0) is 18.4. The zero-order valence-electron chi connectivity index (χ0n) is 14.4. The summed E-state index contributed by atoms with van der Waals surface area (Å²) in [4.78, 5) is 36.2. The average molecular weight is 343 g/mol. The largest absolute Gasteiger partial charge is 0.459 e. The molecule has 132 valence electrons. The molecule has 0 atom stereocenters. The molecule has 3 N–H and O–H groups in total. The summed E-state index contributed by atoms with van der Waals surface area (Å²) in [5.41, 5.74) is 0.208. The van der Waals surface area contributed by atoms with Crippen LogP contribution in [0.3, 0.4) is 0 Å². The number of rotatable bonds is 5. The first kappa shape index (κ1) is 18.3. The Kier molecular flexibility index (Phi) is 5.59. The monoisotopic (exact) mass is 343 g/mol. The van der Waals surface area contributed by atoms with Crippen molar-refractivity contribution in [3.05, 3.63) is 54.0 Å². The summed E-state index contributed by atoms with van der Waals surface area (Å²) in [5.74, 6) is -1.08. The van der Waals surface area contributed by atoms with Gasteiger partial charge in [0, 0.05) is 5.54 Å². The van der Waals surface area contributed by atoms with Crippen LogP contribution >= 0.6 is 0 Å². The highest BCUT2D eigenvalue weighted by atomic mass is 16.3. The number of hydrogen-bond acceptors (Lipinski definition) is 4. The van der Waals surface area contributed by atoms with E-state index in [1.165, 1.54) is 12.3 Å². The highest BCUT2D eigenvalue weighted by molar-refractivity contribution is 6.08. The lowest BCUT2D eigenvalue weighted by atomic mass is 10.1. The minimum absolute atomic E-state index is 0.139. The second-order valence-corrected chi connectivity index (χ2v) is 6.46. The number of amides is 3. The summed E-state index contributed by atoms with van der Waals surface area (Å²) in [6.45, 7) is 5.40. The van der Waals surface area contributed by atoms with Crippen molar-refractivity contribution in [3.63, 3.8) is 0 Å². The van der Waals surface area contributed by atoms with Crippen molar-refractivity contribution >= 4 is 23.4 Å². The molecule has 0 unspecified atom stereocenters. The number of benzene rings is 1. The molecule has 2 aromatic rings. The van der Waals surface area contributed by atoms with Crippen LogP contribution < -0.4 is 16.0 Å². The van der Waals surface area contributed by atoms with Crippen molar-refractivity contribution in [3.8, 4) is 0 Å². The lowest BCUT2D eigenvalue weighted by Gasteiger charge is -2.20. The van der Waals surface area contributed by atoms with Crippen molar-refractivity contribution in [2.45, 2.75) is 26.3 Å². The Balaban J connectivity index is 2.03. The molecule has 1 aromatic heterocycles. The lowest BCUT2D eigenvalue weighted by Crippen LogP contribution is -2.45. The molecule has 1 aromatic carbocycles. The van der Waals surface area contributed by atoms with Crippen LogP contribution in [0.1, 0.15) is 41.7 Å². The molecule has 3 amide bonds. The van der Waals surface area contributed by atoms with Gasteiger partial charge in [0.15, 0.2) is 5.76 Å². The SMILES string of the molecule is CC(C)(C)NC(=O)CNC(=O)c1ccccc1NC(=O)c1ccco1. The highest BCUT2D eigenvalue weighted by Crippen LogP contribution is 2.16. The van der Waals surface area contributed by atoms with E-state index < -0.39 is 11.8 Å². The minimum Gasteiger partial charge on any atom is -0.459 e. The van der Waals surface area contributed by atoms with Crippen LogP contribution in [0.25, 0.3) is 0 Å². The maximum Gasteiger partial charge on any atom is 0.291 e. The quantitative estimate of drug-likeness (QED) is 0.774. The molecule has 7 nitrogen and oxygen atoms in total. The molecule has 0 aliphatic rings. The van der Waals surface area contributed by atoms with Gasteiger partial charge in [-0.2, -0.15) is 0 Å². The van der Waals surface area contributed by atoms with Gasteiger partial charge in [0.25, 0.3) is 11.8 Å².